The minimum Gasteiger partial charge on any atom is -0.350 e. The summed E-state index contributed by atoms with van der Waals surface area (Å²) in [7, 11) is -1.95. The van der Waals surface area contributed by atoms with Crippen LogP contribution < -0.4 is 15.0 Å². The summed E-state index contributed by atoms with van der Waals surface area (Å²) >= 11 is 12.3. The lowest BCUT2D eigenvalue weighted by atomic mass is 10.0. The van der Waals surface area contributed by atoms with Crippen molar-refractivity contribution in [1.29, 1.82) is 0 Å². The maximum Gasteiger partial charge on any atom is 0.340 e. The Morgan fingerprint density at radius 3 is 2.00 bits per heavy atom. The predicted molar refractivity (Wildman–Crippen MR) is 135 cm³/mol. The second-order valence-corrected chi connectivity index (χ2v) is 10.1. The molecule has 0 heterocycles. The molecule has 10 heteroatoms. The number of hydrogen-bond donors (Lipinski definition) is 1. The molecule has 3 aromatic rings. The van der Waals surface area contributed by atoms with Crippen LogP contribution in [0.25, 0.3) is 0 Å². The number of amides is 2. The highest BCUT2D eigenvalue weighted by Gasteiger charge is 2.19. The van der Waals surface area contributed by atoms with Crippen LogP contribution in [-0.4, -0.2) is 33.5 Å². The zero-order chi connectivity index (χ0) is 24.3. The maximum atomic E-state index is 12.4. The van der Waals surface area contributed by atoms with Gasteiger partial charge >= 0.3 is 6.03 Å². The number of sulfonamides is 1. The number of hydrazone groups is 1. The number of rotatable bonds is 6. The number of primary amides is 1. The molecule has 0 aromatic heterocycles. The Morgan fingerprint density at radius 2 is 1.48 bits per heavy atom. The van der Waals surface area contributed by atoms with Gasteiger partial charge in [0.2, 0.25) is 10.0 Å². The van der Waals surface area contributed by atoms with Gasteiger partial charge in [-0.3, -0.25) is 4.31 Å². The van der Waals surface area contributed by atoms with Crippen molar-refractivity contribution in [3.8, 4) is 0 Å². The molecule has 0 unspecified atom stereocenters. The molecule has 7 nitrogen and oxygen atoms in total. The second-order valence-electron chi connectivity index (χ2n) is 7.27. The average molecular weight is 505 g/mol. The molecule has 0 fully saturated rings. The SMILES string of the molecule is Cc1c(Cl)cccc1N(N=C(c1ccc(Cl)cc1)c1ccc(N(C)S(C)(=O)=O)cc1)C(N)=O. The Morgan fingerprint density at radius 1 is 0.939 bits per heavy atom. The third kappa shape index (κ3) is 5.65. The van der Waals surface area contributed by atoms with Crippen LogP contribution in [0.15, 0.2) is 71.8 Å². The zero-order valence-corrected chi connectivity index (χ0v) is 20.5. The summed E-state index contributed by atoms with van der Waals surface area (Å²) in [5, 5.41) is 6.68. The topological polar surface area (TPSA) is 96.1 Å². The highest BCUT2D eigenvalue weighted by atomic mass is 35.5. The molecule has 33 heavy (non-hydrogen) atoms. The number of benzene rings is 3. The molecule has 0 saturated heterocycles. The van der Waals surface area contributed by atoms with Crippen molar-refractivity contribution in [2.75, 3.05) is 22.6 Å². The van der Waals surface area contributed by atoms with Gasteiger partial charge in [-0.05, 0) is 48.9 Å². The number of nitrogens with zero attached hydrogens (tertiary/aromatic N) is 3. The smallest absolute Gasteiger partial charge is 0.340 e. The van der Waals surface area contributed by atoms with E-state index in [9.17, 15) is 13.2 Å². The van der Waals surface area contributed by atoms with E-state index in [1.807, 2.05) is 0 Å². The van der Waals surface area contributed by atoms with Crippen LogP contribution in [0.5, 0.6) is 0 Å². The van der Waals surface area contributed by atoms with Crippen molar-refractivity contribution in [1.82, 2.24) is 0 Å². The molecule has 172 valence electrons. The van der Waals surface area contributed by atoms with Gasteiger partial charge in [0.25, 0.3) is 0 Å². The summed E-state index contributed by atoms with van der Waals surface area (Å²) in [5.74, 6) is 0. The quantitative estimate of drug-likeness (QED) is 0.376. The van der Waals surface area contributed by atoms with Crippen LogP contribution in [0.2, 0.25) is 10.0 Å². The number of hydrogen-bond acceptors (Lipinski definition) is 4. The number of carbonyl (C=O) groups is 1. The first-order valence-corrected chi connectivity index (χ1v) is 12.3. The molecule has 0 aliphatic carbocycles. The Bertz CT molecular complexity index is 1310. The van der Waals surface area contributed by atoms with E-state index in [0.717, 1.165) is 11.3 Å². The number of carbonyl (C=O) groups excluding carboxylic acids is 1. The number of nitrogens with two attached hydrogens (primary N) is 1. The van der Waals surface area contributed by atoms with E-state index in [4.69, 9.17) is 28.9 Å². The van der Waals surface area contributed by atoms with E-state index in [0.29, 0.717) is 43.8 Å². The first kappa shape index (κ1) is 24.6. The van der Waals surface area contributed by atoms with Crippen LogP contribution in [0.3, 0.4) is 0 Å². The van der Waals surface area contributed by atoms with Crippen molar-refractivity contribution in [2.45, 2.75) is 6.92 Å². The van der Waals surface area contributed by atoms with Gasteiger partial charge in [-0.25, -0.2) is 13.2 Å². The van der Waals surface area contributed by atoms with E-state index in [1.54, 1.807) is 73.7 Å². The second kappa shape index (κ2) is 9.82. The molecule has 0 aliphatic rings. The van der Waals surface area contributed by atoms with E-state index < -0.39 is 16.1 Å². The third-order valence-corrected chi connectivity index (χ3v) is 6.86. The highest BCUT2D eigenvalue weighted by Crippen LogP contribution is 2.28. The van der Waals surface area contributed by atoms with Crippen LogP contribution in [0, 0.1) is 6.92 Å². The number of anilines is 2. The molecule has 0 saturated carbocycles. The van der Waals surface area contributed by atoms with Gasteiger partial charge in [-0.1, -0.05) is 53.5 Å². The summed E-state index contributed by atoms with van der Waals surface area (Å²) in [6.07, 6.45) is 1.12. The lowest BCUT2D eigenvalue weighted by Gasteiger charge is -2.20. The predicted octanol–water partition coefficient (Wildman–Crippen LogP) is 5.04. The monoisotopic (exact) mass is 504 g/mol. The fourth-order valence-corrected chi connectivity index (χ4v) is 3.86. The maximum absolute atomic E-state index is 12.4. The Balaban J connectivity index is 2.17. The van der Waals surface area contributed by atoms with Crippen molar-refractivity contribution in [2.24, 2.45) is 10.8 Å². The summed E-state index contributed by atoms with van der Waals surface area (Å²) in [5.41, 5.74) is 8.97. The molecule has 3 aromatic carbocycles. The number of halogens is 2. The van der Waals surface area contributed by atoms with E-state index in [-0.39, 0.29) is 0 Å². The molecular formula is C23H22Cl2N4O3S. The van der Waals surface area contributed by atoms with Crippen LogP contribution >= 0.6 is 23.2 Å². The molecule has 3 rings (SSSR count). The summed E-state index contributed by atoms with van der Waals surface area (Å²) in [4.78, 5) is 12.4. The zero-order valence-electron chi connectivity index (χ0n) is 18.2. The first-order valence-electron chi connectivity index (χ1n) is 9.72. The molecule has 0 bridgehead atoms. The van der Waals surface area contributed by atoms with E-state index >= 15 is 0 Å². The standard InChI is InChI=1S/C23H22Cl2N4O3S/c1-15-20(25)5-4-6-21(15)29(23(26)30)27-22(16-7-11-18(24)12-8-16)17-9-13-19(14-10-17)28(2)33(3,31)32/h4-14H,1-3H3,(H2,26,30). The van der Waals surface area contributed by atoms with Crippen LogP contribution in [0.1, 0.15) is 16.7 Å². The van der Waals surface area contributed by atoms with E-state index in [1.165, 1.54) is 11.4 Å². The Kier molecular flexibility index (Phi) is 7.31. The van der Waals surface area contributed by atoms with Crippen LogP contribution in [-0.2, 0) is 10.0 Å². The minimum atomic E-state index is -3.41. The van der Waals surface area contributed by atoms with Crippen LogP contribution in [0.4, 0.5) is 16.2 Å². The molecule has 2 N–H and O–H groups in total. The molecule has 0 radical (unpaired) electrons. The third-order valence-electron chi connectivity index (χ3n) is 5.00. The van der Waals surface area contributed by atoms with Gasteiger partial charge in [0.1, 0.15) is 0 Å². The van der Waals surface area contributed by atoms with Crippen molar-refractivity contribution in [3.05, 3.63) is 93.5 Å². The molecule has 0 spiro atoms. The lowest BCUT2D eigenvalue weighted by molar-refractivity contribution is 0.254. The van der Waals surface area contributed by atoms with E-state index in [2.05, 4.69) is 5.10 Å². The van der Waals surface area contributed by atoms with Gasteiger partial charge in [0, 0.05) is 28.2 Å². The summed E-state index contributed by atoms with van der Waals surface area (Å²) < 4.78 is 24.9. The average Bonchev–Trinajstić information content (AvgIpc) is 2.76. The molecular weight excluding hydrogens is 483 g/mol. The van der Waals surface area contributed by atoms with Crippen molar-refractivity contribution in [3.63, 3.8) is 0 Å². The Hall–Kier alpha value is -3.07. The van der Waals surface area contributed by atoms with Gasteiger partial charge in [-0.2, -0.15) is 10.1 Å². The summed E-state index contributed by atoms with van der Waals surface area (Å²) in [6, 6.07) is 18.0. The van der Waals surface area contributed by atoms with Gasteiger partial charge < -0.3 is 5.73 Å². The fraction of sp³-hybridized carbons (Fsp3) is 0.130. The first-order chi connectivity index (χ1) is 15.5. The van der Waals surface area contributed by atoms with Crippen molar-refractivity contribution < 1.29 is 13.2 Å². The molecule has 2 amide bonds. The Labute approximate surface area is 203 Å². The molecule has 0 aliphatic heterocycles. The largest absolute Gasteiger partial charge is 0.350 e. The van der Waals surface area contributed by atoms with Gasteiger partial charge in [0.15, 0.2) is 0 Å². The fourth-order valence-electron chi connectivity index (χ4n) is 3.06. The van der Waals surface area contributed by atoms with Crippen molar-refractivity contribution >= 4 is 56.3 Å². The highest BCUT2D eigenvalue weighted by molar-refractivity contribution is 7.92. The normalized spacial score (nSPS) is 11.8. The molecule has 0 atom stereocenters. The van der Waals surface area contributed by atoms with Gasteiger partial charge in [-0.15, -0.1) is 0 Å². The number of urea groups is 1. The minimum absolute atomic E-state index is 0.429. The summed E-state index contributed by atoms with van der Waals surface area (Å²) in [6.45, 7) is 1.76. The van der Waals surface area contributed by atoms with Gasteiger partial charge in [0.05, 0.1) is 23.3 Å². The lowest BCUT2D eigenvalue weighted by Crippen LogP contribution is -2.33.